The highest BCUT2D eigenvalue weighted by atomic mass is 31.2. The molecule has 0 spiro atoms. The zero-order chi connectivity index (χ0) is 66.3. The Hall–Kier alpha value is -2.81. The van der Waals surface area contributed by atoms with E-state index in [-0.39, 0.29) is 25.1 Å². The molecule has 0 aliphatic heterocycles. The summed E-state index contributed by atoms with van der Waals surface area (Å²) in [6, 6.07) is -0.853. The Kier molecular flexibility index (Phi) is 67.8. The number of phosphoric acid groups is 1. The molecule has 0 saturated carbocycles. The van der Waals surface area contributed by atoms with E-state index in [1.54, 1.807) is 0 Å². The van der Waals surface area contributed by atoms with Crippen LogP contribution in [-0.2, 0) is 27.9 Å². The molecule has 0 heterocycles. The van der Waals surface area contributed by atoms with Crippen molar-refractivity contribution < 1.29 is 37.3 Å². The molecule has 0 bridgehead atoms. The van der Waals surface area contributed by atoms with Gasteiger partial charge in [0.25, 0.3) is 0 Å². The number of phosphoric ester groups is 1. The maximum atomic E-state index is 13.6. The minimum Gasteiger partial charge on any atom is -0.456 e. The van der Waals surface area contributed by atoms with Gasteiger partial charge in [-0.15, -0.1) is 0 Å². The molecule has 0 rings (SSSR count). The maximum Gasteiger partial charge on any atom is 0.472 e. The molecule has 0 saturated heterocycles. The number of hydrogen-bond donors (Lipinski definition) is 2. The van der Waals surface area contributed by atoms with E-state index in [9.17, 15) is 19.0 Å². The lowest BCUT2D eigenvalue weighted by Crippen LogP contribution is -2.47. The van der Waals surface area contributed by atoms with Gasteiger partial charge in [-0.25, -0.2) is 4.57 Å². The predicted octanol–water partition coefficient (Wildman–Crippen LogP) is 25.2. The van der Waals surface area contributed by atoms with Crippen molar-refractivity contribution in [3.8, 4) is 0 Å². The second-order valence-corrected chi connectivity index (χ2v) is 29.0. The molecule has 10 heteroatoms. The van der Waals surface area contributed by atoms with Crippen molar-refractivity contribution in [3.05, 3.63) is 85.1 Å². The Morgan fingerprint density at radius 3 is 1.07 bits per heavy atom. The smallest absolute Gasteiger partial charge is 0.456 e. The third-order valence-corrected chi connectivity index (χ3v) is 18.3. The molecule has 0 aliphatic carbocycles. The molecule has 2 N–H and O–H groups in total. The largest absolute Gasteiger partial charge is 0.472 e. The molecule has 91 heavy (non-hydrogen) atoms. The predicted molar refractivity (Wildman–Crippen MR) is 397 cm³/mol. The number of quaternary nitrogens is 1. The van der Waals surface area contributed by atoms with Crippen LogP contribution in [0.25, 0.3) is 0 Å². The fourth-order valence-corrected chi connectivity index (χ4v) is 12.1. The van der Waals surface area contributed by atoms with Crippen LogP contribution in [0.15, 0.2) is 85.1 Å². The highest BCUT2D eigenvalue weighted by molar-refractivity contribution is 7.47. The molecule has 530 valence electrons. The average molecular weight is 1300 g/mol. The Balaban J connectivity index is 4.89. The van der Waals surface area contributed by atoms with E-state index >= 15 is 0 Å². The normalized spacial score (nSPS) is 13.9. The summed E-state index contributed by atoms with van der Waals surface area (Å²) in [6.45, 7) is 6.93. The van der Waals surface area contributed by atoms with E-state index in [4.69, 9.17) is 13.8 Å². The van der Waals surface area contributed by atoms with E-state index in [1.165, 1.54) is 244 Å². The number of allylic oxidation sites excluding steroid dienone is 13. The van der Waals surface area contributed by atoms with E-state index in [2.05, 4.69) is 99.0 Å². The van der Waals surface area contributed by atoms with Gasteiger partial charge in [0, 0.05) is 12.8 Å². The number of unbranched alkanes of at least 4 members (excludes halogenated alkanes) is 43. The van der Waals surface area contributed by atoms with Crippen molar-refractivity contribution in [2.45, 2.75) is 380 Å². The number of amides is 1. The minimum atomic E-state index is -4.46. The van der Waals surface area contributed by atoms with Crippen LogP contribution in [0.4, 0.5) is 0 Å². The average Bonchev–Trinajstić information content (AvgIpc) is 3.08. The van der Waals surface area contributed by atoms with Crippen molar-refractivity contribution in [2.24, 2.45) is 0 Å². The number of rotatable bonds is 71. The fourth-order valence-electron chi connectivity index (χ4n) is 11.4. The quantitative estimate of drug-likeness (QED) is 0.0205. The summed E-state index contributed by atoms with van der Waals surface area (Å²) in [7, 11) is 1.50. The molecule has 0 aromatic heterocycles. The molecule has 9 nitrogen and oxygen atoms in total. The first-order valence-electron chi connectivity index (χ1n) is 38.9. The van der Waals surface area contributed by atoms with Crippen molar-refractivity contribution in [2.75, 3.05) is 40.9 Å². The van der Waals surface area contributed by atoms with Crippen LogP contribution in [0.1, 0.15) is 367 Å². The zero-order valence-corrected chi connectivity index (χ0v) is 61.7. The minimum absolute atomic E-state index is 0.0385. The van der Waals surface area contributed by atoms with Gasteiger partial charge in [-0.1, -0.05) is 337 Å². The lowest BCUT2D eigenvalue weighted by Gasteiger charge is -2.27. The van der Waals surface area contributed by atoms with Crippen LogP contribution >= 0.6 is 7.82 Å². The number of nitrogens with one attached hydrogen (secondary N) is 1. The summed E-state index contributed by atoms with van der Waals surface area (Å²) < 4.78 is 30.9. The monoisotopic (exact) mass is 1290 g/mol. The van der Waals surface area contributed by atoms with E-state index in [0.29, 0.717) is 23.9 Å². The Morgan fingerprint density at radius 1 is 0.396 bits per heavy atom. The Labute approximate surface area is 565 Å². The third kappa shape index (κ3) is 71.3. The second-order valence-electron chi connectivity index (χ2n) is 27.5. The highest BCUT2D eigenvalue weighted by Crippen LogP contribution is 2.43. The lowest BCUT2D eigenvalue weighted by atomic mass is 10.0. The molecule has 3 unspecified atom stereocenters. The first-order chi connectivity index (χ1) is 44.4. The summed E-state index contributed by atoms with van der Waals surface area (Å²) in [5.74, 6) is -0.496. The Bertz CT molecular complexity index is 1830. The first-order valence-corrected chi connectivity index (χ1v) is 40.4. The van der Waals surface area contributed by atoms with Crippen LogP contribution in [0, 0.1) is 0 Å². The summed E-state index contributed by atoms with van der Waals surface area (Å²) >= 11 is 0. The highest BCUT2D eigenvalue weighted by Gasteiger charge is 2.30. The summed E-state index contributed by atoms with van der Waals surface area (Å²) in [5, 5.41) is 3.08. The number of likely N-dealkylation sites (N-methyl/N-ethyl adjacent to an activating group) is 1. The van der Waals surface area contributed by atoms with Gasteiger partial charge in [-0.3, -0.25) is 18.6 Å². The molecule has 0 aromatic rings. The maximum absolute atomic E-state index is 13.6. The number of carbonyl (C=O) groups is 2. The fraction of sp³-hybridized carbons (Fsp3) is 0.802. The Morgan fingerprint density at radius 2 is 0.703 bits per heavy atom. The zero-order valence-electron chi connectivity index (χ0n) is 60.8. The molecule has 0 fully saturated rings. The van der Waals surface area contributed by atoms with E-state index in [0.717, 1.165) is 89.9 Å². The molecule has 0 aromatic carbocycles. The SMILES string of the molecule is CC/C=C\C/C=C\C/C=C\C/C=C\C/C=C\CCCCCCCCCCCCCC(=O)NC(COP(=O)(O)OCC[N+](C)(C)C)C(/C=C/CCCCCCCCCCC)OC(=O)CCCCCCCCCCCCCCCCCCC/C=C/CCCCCCCC. The summed E-state index contributed by atoms with van der Waals surface area (Å²) in [6.07, 6.45) is 94.8. The van der Waals surface area contributed by atoms with Crippen LogP contribution < -0.4 is 5.32 Å². The van der Waals surface area contributed by atoms with Crippen molar-refractivity contribution in [3.63, 3.8) is 0 Å². The molecule has 3 atom stereocenters. The van der Waals surface area contributed by atoms with Gasteiger partial charge in [0.15, 0.2) is 0 Å². The number of nitrogens with zero attached hydrogens (tertiary/aromatic N) is 1. The van der Waals surface area contributed by atoms with Crippen LogP contribution in [0.5, 0.6) is 0 Å². The molecular weight excluding hydrogens is 1140 g/mol. The first kappa shape index (κ1) is 88.2. The van der Waals surface area contributed by atoms with Gasteiger partial charge in [-0.2, -0.15) is 0 Å². The standard InChI is InChI=1S/C81H149N2O7P/c1-7-10-13-16-19-22-25-27-29-31-33-35-37-39-41-43-45-47-49-51-53-55-58-61-64-67-70-73-80(84)82-78(77-89-91(86,87)88-76-75-83(4,5)6)79(72-69-66-63-60-57-24-21-18-15-12-9-3)90-81(85)74-71-68-65-62-59-56-54-52-50-48-46-44-42-40-38-36-34-32-30-28-26-23-20-17-14-11-8-2/h10,13,19,22,27-30,33,35,39,41,69,72,78-79H,7-9,11-12,14-18,20-21,23-26,31-32,34,36-38,40,42-68,70-71,73-77H2,1-6H3,(H-,82,84,86,87)/p+1/b13-10-,22-19-,29-27-,30-28+,35-33-,41-39-,72-69+. The summed E-state index contributed by atoms with van der Waals surface area (Å²) in [4.78, 5) is 38.0. The molecule has 0 aliphatic rings. The van der Waals surface area contributed by atoms with E-state index in [1.807, 2.05) is 33.3 Å². The van der Waals surface area contributed by atoms with Gasteiger partial charge in [0.1, 0.15) is 19.3 Å². The summed E-state index contributed by atoms with van der Waals surface area (Å²) in [5.41, 5.74) is 0. The molecular formula is C81H150N2O7P+. The van der Waals surface area contributed by atoms with Crippen LogP contribution in [-0.4, -0.2) is 74.3 Å². The number of esters is 1. The van der Waals surface area contributed by atoms with Gasteiger partial charge in [0.05, 0.1) is 33.8 Å². The third-order valence-electron chi connectivity index (χ3n) is 17.3. The van der Waals surface area contributed by atoms with Gasteiger partial charge >= 0.3 is 13.8 Å². The van der Waals surface area contributed by atoms with Crippen molar-refractivity contribution >= 4 is 19.7 Å². The molecule has 0 radical (unpaired) electrons. The van der Waals surface area contributed by atoms with Gasteiger partial charge in [-0.05, 0) is 102 Å². The number of ether oxygens (including phenoxy) is 1. The van der Waals surface area contributed by atoms with Crippen molar-refractivity contribution in [1.29, 1.82) is 0 Å². The number of hydrogen-bond acceptors (Lipinski definition) is 6. The lowest BCUT2D eigenvalue weighted by molar-refractivity contribution is -0.870. The topological polar surface area (TPSA) is 111 Å². The molecule has 1 amide bonds. The van der Waals surface area contributed by atoms with Crippen LogP contribution in [0.3, 0.4) is 0 Å². The number of carbonyl (C=O) groups excluding carboxylic acids is 2. The van der Waals surface area contributed by atoms with Gasteiger partial charge < -0.3 is 19.4 Å². The van der Waals surface area contributed by atoms with Crippen molar-refractivity contribution in [1.82, 2.24) is 5.32 Å². The second kappa shape index (κ2) is 70.0. The van der Waals surface area contributed by atoms with Gasteiger partial charge in [0.2, 0.25) is 5.91 Å². The van der Waals surface area contributed by atoms with E-state index < -0.39 is 20.0 Å². The van der Waals surface area contributed by atoms with Crippen LogP contribution in [0.2, 0.25) is 0 Å².